The second kappa shape index (κ2) is 11.6. The molecule has 0 fully saturated rings. The molecule has 0 aromatic heterocycles. The number of carbonyl (C=O) groups is 2. The van der Waals surface area contributed by atoms with Gasteiger partial charge in [-0.1, -0.05) is 49.4 Å². The number of hydrogen-bond acceptors (Lipinski definition) is 6. The number of ether oxygens (including phenoxy) is 1. The van der Waals surface area contributed by atoms with Gasteiger partial charge in [-0.3, -0.25) is 4.79 Å². The van der Waals surface area contributed by atoms with Gasteiger partial charge >= 0.3 is 6.03 Å². The Balaban J connectivity index is 1.70. The zero-order valence-electron chi connectivity index (χ0n) is 22.4. The number of amides is 3. The Hall–Kier alpha value is -3.67. The molecule has 39 heavy (non-hydrogen) atoms. The lowest BCUT2D eigenvalue weighted by Gasteiger charge is -2.38. The van der Waals surface area contributed by atoms with Gasteiger partial charge in [0.15, 0.2) is 5.75 Å². The van der Waals surface area contributed by atoms with E-state index in [1.807, 2.05) is 43.3 Å². The van der Waals surface area contributed by atoms with E-state index in [1.165, 1.54) is 11.4 Å². The number of nitrogens with zero attached hydrogens (tertiary/aromatic N) is 2. The number of aliphatic hydroxyl groups is 1. The normalized spacial score (nSPS) is 18.6. The van der Waals surface area contributed by atoms with Crippen LogP contribution in [0.2, 0.25) is 0 Å². The van der Waals surface area contributed by atoms with E-state index in [-0.39, 0.29) is 48.5 Å². The Morgan fingerprint density at radius 2 is 1.74 bits per heavy atom. The summed E-state index contributed by atoms with van der Waals surface area (Å²) in [5.74, 6) is -0.506. The standard InChI is InChI=1S/C28H34N4O6S/c1-18-15-32(19(2)17-33)27(34)22-12-8-14-24(26(22)38-25(18)16-31(3)39(4,36)37)30-28(35)29-23-13-7-10-20-9-5-6-11-21(20)23/h5-14,18-19,25,33H,15-17H2,1-4H3,(H2,29,30,35)/t18-,19-,25+/m1/s1. The van der Waals surface area contributed by atoms with Crippen LogP contribution in [0.1, 0.15) is 24.2 Å². The maximum absolute atomic E-state index is 13.6. The van der Waals surface area contributed by atoms with Gasteiger partial charge in [-0.25, -0.2) is 17.5 Å². The van der Waals surface area contributed by atoms with Crippen LogP contribution >= 0.6 is 0 Å². The van der Waals surface area contributed by atoms with E-state index < -0.39 is 28.2 Å². The summed E-state index contributed by atoms with van der Waals surface area (Å²) in [5.41, 5.74) is 1.08. The van der Waals surface area contributed by atoms with E-state index >= 15 is 0 Å². The van der Waals surface area contributed by atoms with Crippen LogP contribution in [-0.4, -0.2) is 79.8 Å². The fraction of sp³-hybridized carbons (Fsp3) is 0.357. The molecule has 0 saturated heterocycles. The molecule has 3 atom stereocenters. The number of hydrogen-bond donors (Lipinski definition) is 3. The molecule has 208 valence electrons. The Kier molecular flexibility index (Phi) is 8.43. The number of likely N-dealkylation sites (N-methyl/N-ethyl adjacent to an activating group) is 1. The van der Waals surface area contributed by atoms with Gasteiger partial charge in [0.1, 0.15) is 6.10 Å². The van der Waals surface area contributed by atoms with Crippen LogP contribution in [0.3, 0.4) is 0 Å². The summed E-state index contributed by atoms with van der Waals surface area (Å²) in [7, 11) is -2.03. The van der Waals surface area contributed by atoms with Crippen molar-refractivity contribution in [2.75, 3.05) is 43.6 Å². The van der Waals surface area contributed by atoms with Crippen molar-refractivity contribution in [2.24, 2.45) is 5.92 Å². The van der Waals surface area contributed by atoms with Gasteiger partial charge in [-0.15, -0.1) is 0 Å². The fourth-order valence-electron chi connectivity index (χ4n) is 4.56. The van der Waals surface area contributed by atoms with Crippen molar-refractivity contribution in [1.82, 2.24) is 9.21 Å². The number of rotatable bonds is 7. The van der Waals surface area contributed by atoms with E-state index in [9.17, 15) is 23.1 Å². The predicted molar refractivity (Wildman–Crippen MR) is 152 cm³/mol. The molecule has 0 aliphatic carbocycles. The second-order valence-corrected chi connectivity index (χ2v) is 12.0. The highest BCUT2D eigenvalue weighted by Crippen LogP contribution is 2.35. The molecule has 3 amide bonds. The molecular weight excluding hydrogens is 520 g/mol. The second-order valence-electron chi connectivity index (χ2n) is 9.95. The Bertz CT molecular complexity index is 1470. The third-order valence-corrected chi connectivity index (χ3v) is 8.26. The van der Waals surface area contributed by atoms with Gasteiger partial charge in [-0.2, -0.15) is 0 Å². The Morgan fingerprint density at radius 3 is 2.46 bits per heavy atom. The average Bonchev–Trinajstić information content (AvgIpc) is 2.90. The summed E-state index contributed by atoms with van der Waals surface area (Å²) < 4.78 is 31.9. The molecule has 0 saturated carbocycles. The molecular formula is C28H34N4O6S. The van der Waals surface area contributed by atoms with Gasteiger partial charge in [0.2, 0.25) is 10.0 Å². The number of fused-ring (bicyclic) bond motifs is 2. The van der Waals surface area contributed by atoms with E-state index in [2.05, 4.69) is 10.6 Å². The maximum Gasteiger partial charge on any atom is 0.323 e. The minimum absolute atomic E-state index is 0.0332. The highest BCUT2D eigenvalue weighted by atomic mass is 32.2. The number of urea groups is 1. The number of benzene rings is 3. The van der Waals surface area contributed by atoms with Crippen LogP contribution in [0.25, 0.3) is 10.8 Å². The van der Waals surface area contributed by atoms with Crippen molar-refractivity contribution in [1.29, 1.82) is 0 Å². The fourth-order valence-corrected chi connectivity index (χ4v) is 4.98. The lowest BCUT2D eigenvalue weighted by Crippen LogP contribution is -2.50. The molecule has 4 rings (SSSR count). The zero-order valence-corrected chi connectivity index (χ0v) is 23.2. The first-order valence-electron chi connectivity index (χ1n) is 12.7. The minimum atomic E-state index is -3.50. The van der Waals surface area contributed by atoms with Crippen LogP contribution in [0.15, 0.2) is 60.7 Å². The SMILES string of the molecule is C[C@@H]1CN([C@H](C)CO)C(=O)c2cccc(NC(=O)Nc3cccc4ccccc34)c2O[C@H]1CN(C)S(C)(=O)=O. The van der Waals surface area contributed by atoms with Crippen molar-refractivity contribution in [3.05, 3.63) is 66.2 Å². The highest BCUT2D eigenvalue weighted by molar-refractivity contribution is 7.88. The molecule has 0 radical (unpaired) electrons. The summed E-state index contributed by atoms with van der Waals surface area (Å²) in [6, 6.07) is 17.1. The number of anilines is 2. The average molecular weight is 555 g/mol. The number of sulfonamides is 1. The minimum Gasteiger partial charge on any atom is -0.486 e. The van der Waals surface area contributed by atoms with Crippen LogP contribution < -0.4 is 15.4 Å². The van der Waals surface area contributed by atoms with Crippen molar-refractivity contribution in [3.63, 3.8) is 0 Å². The van der Waals surface area contributed by atoms with Gasteiger partial charge in [0, 0.05) is 24.9 Å². The lowest BCUT2D eigenvalue weighted by molar-refractivity contribution is 0.0389. The van der Waals surface area contributed by atoms with Crippen molar-refractivity contribution >= 4 is 44.1 Å². The van der Waals surface area contributed by atoms with Gasteiger partial charge in [0.25, 0.3) is 5.91 Å². The molecule has 3 aromatic rings. The summed E-state index contributed by atoms with van der Waals surface area (Å²) in [6.45, 7) is 3.64. The molecule has 11 heteroatoms. The summed E-state index contributed by atoms with van der Waals surface area (Å²) in [5, 5.41) is 17.3. The van der Waals surface area contributed by atoms with Crippen molar-refractivity contribution in [3.8, 4) is 5.75 Å². The van der Waals surface area contributed by atoms with Crippen LogP contribution in [0.4, 0.5) is 16.2 Å². The predicted octanol–water partition coefficient (Wildman–Crippen LogP) is 3.60. The van der Waals surface area contributed by atoms with Crippen LogP contribution in [-0.2, 0) is 10.0 Å². The van der Waals surface area contributed by atoms with Crippen molar-refractivity contribution in [2.45, 2.75) is 26.0 Å². The van der Waals surface area contributed by atoms with Crippen molar-refractivity contribution < 1.29 is 27.9 Å². The largest absolute Gasteiger partial charge is 0.486 e. The first-order valence-corrected chi connectivity index (χ1v) is 14.5. The van der Waals surface area contributed by atoms with E-state index in [0.29, 0.717) is 5.69 Å². The Labute approximate surface area is 228 Å². The monoisotopic (exact) mass is 554 g/mol. The molecule has 1 aliphatic heterocycles. The summed E-state index contributed by atoms with van der Waals surface area (Å²) in [6.07, 6.45) is 0.469. The smallest absolute Gasteiger partial charge is 0.323 e. The third kappa shape index (κ3) is 6.32. The zero-order chi connectivity index (χ0) is 28.3. The lowest BCUT2D eigenvalue weighted by atomic mass is 9.99. The van der Waals surface area contributed by atoms with Gasteiger partial charge < -0.3 is 25.4 Å². The number of aliphatic hydroxyl groups excluding tert-OH is 1. The molecule has 1 heterocycles. The maximum atomic E-state index is 13.6. The summed E-state index contributed by atoms with van der Waals surface area (Å²) in [4.78, 5) is 28.3. The highest BCUT2D eigenvalue weighted by Gasteiger charge is 2.35. The molecule has 1 aliphatic rings. The van der Waals surface area contributed by atoms with Gasteiger partial charge in [-0.05, 0) is 30.5 Å². The molecule has 3 aromatic carbocycles. The molecule has 3 N–H and O–H groups in total. The molecule has 0 spiro atoms. The number of carbonyl (C=O) groups excluding carboxylic acids is 2. The summed E-state index contributed by atoms with van der Waals surface area (Å²) >= 11 is 0. The third-order valence-electron chi connectivity index (χ3n) is 6.98. The molecule has 0 unspecified atom stereocenters. The van der Waals surface area contributed by atoms with Crippen LogP contribution in [0.5, 0.6) is 5.75 Å². The molecule has 0 bridgehead atoms. The Morgan fingerprint density at radius 1 is 1.10 bits per heavy atom. The first-order chi connectivity index (χ1) is 18.5. The van der Waals surface area contributed by atoms with Crippen LogP contribution in [0, 0.1) is 5.92 Å². The van der Waals surface area contributed by atoms with E-state index in [1.54, 1.807) is 36.1 Å². The topological polar surface area (TPSA) is 128 Å². The number of nitrogens with one attached hydrogen (secondary N) is 2. The van der Waals surface area contributed by atoms with E-state index in [0.717, 1.165) is 17.0 Å². The molecule has 10 nitrogen and oxygen atoms in total. The van der Waals surface area contributed by atoms with Gasteiger partial charge in [0.05, 0.1) is 42.4 Å². The quantitative estimate of drug-likeness (QED) is 0.410. The van der Waals surface area contributed by atoms with E-state index in [4.69, 9.17) is 4.74 Å². The first kappa shape index (κ1) is 28.3. The number of para-hydroxylation sites is 1.